The molecule has 4 rings (SSSR count). The topological polar surface area (TPSA) is 83.2 Å². The first kappa shape index (κ1) is 37.9. The summed E-state index contributed by atoms with van der Waals surface area (Å²) in [5, 5.41) is 9.75. The Hall–Kier alpha value is -4.17. The number of carbonyl (C=O) groups is 3. The van der Waals surface area contributed by atoms with Crippen LogP contribution >= 0.6 is 0 Å². The van der Waals surface area contributed by atoms with Crippen molar-refractivity contribution in [3.05, 3.63) is 154 Å². The lowest BCUT2D eigenvalue weighted by Crippen LogP contribution is -3.04. The predicted molar refractivity (Wildman–Crippen MR) is 170 cm³/mol. The van der Waals surface area contributed by atoms with Gasteiger partial charge in [0.2, 0.25) is 0 Å². The number of nitrogens with one attached hydrogen (secondary N) is 2. The third-order valence-electron chi connectivity index (χ3n) is 6.37. The van der Waals surface area contributed by atoms with Crippen LogP contribution in [-0.2, 0) is 17.9 Å². The maximum absolute atomic E-state index is 12.2. The van der Waals surface area contributed by atoms with Gasteiger partial charge in [-0.15, -0.1) is 0 Å². The molecule has 0 aliphatic carbocycles. The molecular weight excluding hydrogens is 616 g/mol. The molecule has 0 heterocycles. The van der Waals surface area contributed by atoms with Crippen LogP contribution in [0.25, 0.3) is 0 Å². The summed E-state index contributed by atoms with van der Waals surface area (Å²) in [5.74, 6) is -0.929. The van der Waals surface area contributed by atoms with Crippen molar-refractivity contribution in [2.75, 3.05) is 28.2 Å². The van der Waals surface area contributed by atoms with Crippen molar-refractivity contribution in [3.63, 3.8) is 0 Å². The molecule has 0 fully saturated rings. The zero-order valence-electron chi connectivity index (χ0n) is 26.4. The van der Waals surface area contributed by atoms with Gasteiger partial charge in [0.15, 0.2) is 11.6 Å². The highest BCUT2D eigenvalue weighted by Crippen LogP contribution is 2.12. The summed E-state index contributed by atoms with van der Waals surface area (Å²) in [7, 11) is 8.46. The lowest BCUT2D eigenvalue weighted by molar-refractivity contribution is -0.872. The smallest absolute Gasteiger partial charge is 0.193 e. The molecule has 0 spiro atoms. The van der Waals surface area contributed by atoms with E-state index in [1.807, 2.05) is 109 Å². The van der Waals surface area contributed by atoms with Crippen molar-refractivity contribution in [2.24, 2.45) is 0 Å². The molecule has 232 valence electrons. The van der Waals surface area contributed by atoms with Crippen molar-refractivity contribution in [3.8, 4) is 0 Å². The van der Waals surface area contributed by atoms with Gasteiger partial charge in [-0.25, -0.2) is 0 Å². The SMILES string of the molecule is CC=C(C)C(=O)[O-].C[NH+](C)Cc1ccc(C(=O)c2ccccc2)cc1.C[NH+](C)Cc1ccc(C(=O)c2ccccc2)cc1.[Br-]. The third-order valence-corrected chi connectivity index (χ3v) is 6.37. The van der Waals surface area contributed by atoms with Crippen LogP contribution in [0.5, 0.6) is 0 Å². The van der Waals surface area contributed by atoms with Gasteiger partial charge >= 0.3 is 0 Å². The number of carboxylic acids is 1. The second-order valence-electron chi connectivity index (χ2n) is 10.8. The molecule has 0 aliphatic heterocycles. The number of halogens is 1. The van der Waals surface area contributed by atoms with E-state index < -0.39 is 5.97 Å². The Morgan fingerprint density at radius 2 is 0.864 bits per heavy atom. The van der Waals surface area contributed by atoms with E-state index in [9.17, 15) is 19.5 Å². The molecule has 0 amide bonds. The third kappa shape index (κ3) is 13.4. The van der Waals surface area contributed by atoms with Crippen molar-refractivity contribution in [1.29, 1.82) is 0 Å². The first-order valence-corrected chi connectivity index (χ1v) is 14.3. The molecule has 4 aromatic rings. The average molecular weight is 660 g/mol. The summed E-state index contributed by atoms with van der Waals surface area (Å²) in [5.41, 5.74) is 5.75. The summed E-state index contributed by atoms with van der Waals surface area (Å²) in [4.78, 5) is 36.8. The Morgan fingerprint density at radius 3 is 1.09 bits per heavy atom. The Morgan fingerprint density at radius 1 is 0.568 bits per heavy atom. The number of carbonyl (C=O) groups excluding carboxylic acids is 3. The van der Waals surface area contributed by atoms with E-state index in [1.54, 1.807) is 6.92 Å². The van der Waals surface area contributed by atoms with Crippen LogP contribution in [0.3, 0.4) is 0 Å². The quantitative estimate of drug-likeness (QED) is 0.193. The predicted octanol–water partition coefficient (Wildman–Crippen LogP) is -0.169. The highest BCUT2D eigenvalue weighted by Gasteiger charge is 2.09. The van der Waals surface area contributed by atoms with Crippen LogP contribution in [0.1, 0.15) is 56.8 Å². The number of hydrogen-bond acceptors (Lipinski definition) is 4. The molecular formula is C37H43BrN2O4. The summed E-state index contributed by atoms with van der Waals surface area (Å²) in [6, 6.07) is 34.5. The summed E-state index contributed by atoms with van der Waals surface area (Å²) in [6.07, 6.45) is 1.50. The van der Waals surface area contributed by atoms with E-state index in [0.717, 1.165) is 35.3 Å². The Kier molecular flexibility index (Phi) is 17.1. The zero-order valence-corrected chi connectivity index (χ0v) is 28.0. The van der Waals surface area contributed by atoms with Crippen molar-refractivity contribution in [2.45, 2.75) is 26.9 Å². The van der Waals surface area contributed by atoms with E-state index in [4.69, 9.17) is 0 Å². The highest BCUT2D eigenvalue weighted by molar-refractivity contribution is 6.09. The fourth-order valence-corrected chi connectivity index (χ4v) is 3.99. The zero-order chi connectivity index (χ0) is 31.8. The largest absolute Gasteiger partial charge is 1.00 e. The van der Waals surface area contributed by atoms with Crippen LogP contribution in [0.15, 0.2) is 121 Å². The van der Waals surface area contributed by atoms with Crippen LogP contribution in [0, 0.1) is 0 Å². The number of allylic oxidation sites excluding steroid dienone is 1. The number of aliphatic carboxylic acids is 1. The maximum Gasteiger partial charge on any atom is 0.193 e. The van der Waals surface area contributed by atoms with Gasteiger partial charge in [0, 0.05) is 33.4 Å². The van der Waals surface area contributed by atoms with Gasteiger partial charge in [0.1, 0.15) is 13.1 Å². The van der Waals surface area contributed by atoms with Gasteiger partial charge in [-0.2, -0.15) is 0 Å². The second kappa shape index (κ2) is 19.9. The number of benzene rings is 4. The summed E-state index contributed by atoms with van der Waals surface area (Å²) < 4.78 is 0. The first-order chi connectivity index (χ1) is 20.5. The molecule has 7 heteroatoms. The Bertz CT molecular complexity index is 1360. The molecule has 0 saturated heterocycles. The van der Waals surface area contributed by atoms with E-state index in [2.05, 4.69) is 28.2 Å². The number of ketones is 2. The minimum Gasteiger partial charge on any atom is -1.00 e. The second-order valence-corrected chi connectivity index (χ2v) is 10.8. The van der Waals surface area contributed by atoms with Crippen LogP contribution in [0.2, 0.25) is 0 Å². The molecule has 0 aromatic heterocycles. The molecule has 0 saturated carbocycles. The summed E-state index contributed by atoms with van der Waals surface area (Å²) >= 11 is 0. The van der Waals surface area contributed by atoms with Gasteiger partial charge in [0.25, 0.3) is 0 Å². The molecule has 0 aliphatic rings. The molecule has 0 atom stereocenters. The molecule has 44 heavy (non-hydrogen) atoms. The lowest BCUT2D eigenvalue weighted by atomic mass is 10.0. The van der Waals surface area contributed by atoms with Gasteiger partial charge in [-0.3, -0.25) is 9.59 Å². The molecule has 0 unspecified atom stereocenters. The number of carboxylic acid groups (broad SMARTS) is 1. The fourth-order valence-electron chi connectivity index (χ4n) is 3.99. The Balaban J connectivity index is 0.000000357. The molecule has 2 N–H and O–H groups in total. The first-order valence-electron chi connectivity index (χ1n) is 14.3. The summed E-state index contributed by atoms with van der Waals surface area (Å²) in [6.45, 7) is 5.10. The van der Waals surface area contributed by atoms with E-state index >= 15 is 0 Å². The van der Waals surface area contributed by atoms with Gasteiger partial charge in [-0.05, 0) is 19.4 Å². The fraction of sp³-hybridized carbons (Fsp3) is 0.216. The van der Waals surface area contributed by atoms with Crippen LogP contribution < -0.4 is 31.9 Å². The molecule has 6 nitrogen and oxygen atoms in total. The average Bonchev–Trinajstić information content (AvgIpc) is 3.01. The maximum atomic E-state index is 12.2. The monoisotopic (exact) mass is 658 g/mol. The van der Waals surface area contributed by atoms with Crippen LogP contribution in [-0.4, -0.2) is 45.7 Å². The standard InChI is InChI=1S/2C16H17NO.C5H8O2.BrH/c2*1-17(2)12-13-8-10-15(11-9-13)16(18)14-6-4-3-5-7-14;1-3-4(2)5(6)7;/h2*3-11H,12H2,1-2H3;3H,1-2H3,(H,6,7);1H. The number of hydrogen-bond donors (Lipinski definition) is 2. The highest BCUT2D eigenvalue weighted by atomic mass is 79.9. The van der Waals surface area contributed by atoms with Crippen molar-refractivity contribution >= 4 is 17.5 Å². The normalized spacial score (nSPS) is 10.5. The van der Waals surface area contributed by atoms with Gasteiger partial charge in [-0.1, -0.05) is 115 Å². The number of rotatable bonds is 9. The van der Waals surface area contributed by atoms with E-state index in [0.29, 0.717) is 0 Å². The van der Waals surface area contributed by atoms with Crippen molar-refractivity contribution < 1.29 is 46.3 Å². The molecule has 0 bridgehead atoms. The minimum absolute atomic E-state index is 0. The Labute approximate surface area is 272 Å². The minimum atomic E-state index is -1.09. The van der Waals surface area contributed by atoms with Crippen molar-refractivity contribution in [1.82, 2.24) is 0 Å². The van der Waals surface area contributed by atoms with Gasteiger partial charge < -0.3 is 36.7 Å². The molecule has 0 radical (unpaired) electrons. The number of quaternary nitrogens is 2. The van der Waals surface area contributed by atoms with Gasteiger partial charge in [0.05, 0.1) is 34.2 Å². The van der Waals surface area contributed by atoms with E-state index in [1.165, 1.54) is 33.9 Å². The van der Waals surface area contributed by atoms with Crippen LogP contribution in [0.4, 0.5) is 0 Å². The lowest BCUT2D eigenvalue weighted by Gasteiger charge is -2.07. The van der Waals surface area contributed by atoms with E-state index in [-0.39, 0.29) is 34.1 Å². The molecule has 4 aromatic carbocycles.